The Labute approximate surface area is 94.0 Å². The highest BCUT2D eigenvalue weighted by Gasteiger charge is 2.34. The van der Waals surface area contributed by atoms with Crippen LogP contribution in [0, 0.1) is 6.92 Å². The molecule has 1 aromatic carbocycles. The highest BCUT2D eigenvalue weighted by Crippen LogP contribution is 2.33. The number of halogens is 4. The fourth-order valence-corrected chi connectivity index (χ4v) is 1.49. The Morgan fingerprint density at radius 3 is 2.31 bits per heavy atom. The van der Waals surface area contributed by atoms with Crippen molar-refractivity contribution in [3.8, 4) is 0 Å². The smallest absolute Gasteiger partial charge is 0.298 e. The van der Waals surface area contributed by atoms with Crippen LogP contribution < -0.4 is 0 Å². The molecule has 86 valence electrons. The van der Waals surface area contributed by atoms with Gasteiger partial charge in [-0.25, -0.2) is 0 Å². The average molecular weight is 251 g/mol. The van der Waals surface area contributed by atoms with E-state index in [1.807, 2.05) is 0 Å². The van der Waals surface area contributed by atoms with Crippen molar-refractivity contribution in [2.24, 2.45) is 0 Å². The molecule has 0 fully saturated rings. The lowest BCUT2D eigenvalue weighted by Gasteiger charge is -2.11. The lowest BCUT2D eigenvalue weighted by Crippen LogP contribution is -2.11. The largest absolute Gasteiger partial charge is 0.417 e. The third kappa shape index (κ3) is 2.41. The zero-order valence-corrected chi connectivity index (χ0v) is 8.82. The summed E-state index contributed by atoms with van der Waals surface area (Å²) < 4.78 is 37.5. The van der Waals surface area contributed by atoms with Crippen molar-refractivity contribution in [3.63, 3.8) is 0 Å². The SMILES string of the molecule is Cc1cc(C=O)c(C(F)(F)F)cc1C(=O)Cl. The summed E-state index contributed by atoms with van der Waals surface area (Å²) in [6.45, 7) is 1.41. The first kappa shape index (κ1) is 12.7. The molecule has 0 spiro atoms. The van der Waals surface area contributed by atoms with Gasteiger partial charge in [-0.1, -0.05) is 0 Å². The van der Waals surface area contributed by atoms with Gasteiger partial charge in [0, 0.05) is 11.1 Å². The van der Waals surface area contributed by atoms with E-state index in [0.29, 0.717) is 6.07 Å². The molecule has 2 nitrogen and oxygen atoms in total. The Morgan fingerprint density at radius 1 is 1.38 bits per heavy atom. The molecule has 0 aliphatic rings. The van der Waals surface area contributed by atoms with E-state index in [9.17, 15) is 22.8 Å². The second-order valence-corrected chi connectivity index (χ2v) is 3.49. The van der Waals surface area contributed by atoms with Crippen molar-refractivity contribution in [1.82, 2.24) is 0 Å². The van der Waals surface area contributed by atoms with E-state index in [1.165, 1.54) is 6.92 Å². The van der Waals surface area contributed by atoms with Crippen LogP contribution in [-0.4, -0.2) is 11.5 Å². The molecule has 16 heavy (non-hydrogen) atoms. The first-order valence-electron chi connectivity index (χ1n) is 4.14. The summed E-state index contributed by atoms with van der Waals surface area (Å²) in [5, 5.41) is -0.986. The van der Waals surface area contributed by atoms with Gasteiger partial charge in [0.1, 0.15) is 0 Å². The molecule has 1 rings (SSSR count). The maximum absolute atomic E-state index is 12.5. The van der Waals surface area contributed by atoms with Crippen LogP contribution in [0.2, 0.25) is 0 Å². The second kappa shape index (κ2) is 4.25. The van der Waals surface area contributed by atoms with E-state index < -0.39 is 22.5 Å². The third-order valence-corrected chi connectivity index (χ3v) is 2.24. The highest BCUT2D eigenvalue weighted by atomic mass is 35.5. The van der Waals surface area contributed by atoms with Crippen LogP contribution in [0.3, 0.4) is 0 Å². The number of carbonyl (C=O) groups is 2. The normalized spacial score (nSPS) is 11.3. The molecular formula is C10H6ClF3O2. The molecule has 0 N–H and O–H groups in total. The lowest BCUT2D eigenvalue weighted by atomic mass is 10.00. The predicted octanol–water partition coefficient (Wildman–Crippen LogP) is 3.21. The summed E-state index contributed by atoms with van der Waals surface area (Å²) in [5.74, 6) is 0. The van der Waals surface area contributed by atoms with Crippen molar-refractivity contribution in [3.05, 3.63) is 34.4 Å². The van der Waals surface area contributed by atoms with Crippen LogP contribution in [0.5, 0.6) is 0 Å². The standard InChI is InChI=1S/C10H6ClF3O2/c1-5-2-6(4-15)8(10(12,13)14)3-7(5)9(11)16/h2-4H,1H3. The number of benzene rings is 1. The van der Waals surface area contributed by atoms with Crippen molar-refractivity contribution in [1.29, 1.82) is 0 Å². The third-order valence-electron chi connectivity index (χ3n) is 2.04. The fourth-order valence-electron chi connectivity index (χ4n) is 1.29. The molecule has 0 radical (unpaired) electrons. The molecule has 0 amide bonds. The maximum Gasteiger partial charge on any atom is 0.417 e. The average Bonchev–Trinajstić information content (AvgIpc) is 2.14. The molecule has 0 saturated carbocycles. The van der Waals surface area contributed by atoms with Gasteiger partial charge < -0.3 is 0 Å². The van der Waals surface area contributed by atoms with Crippen molar-refractivity contribution in [2.45, 2.75) is 13.1 Å². The number of aryl methyl sites for hydroxylation is 1. The summed E-state index contributed by atoms with van der Waals surface area (Å²) in [5.41, 5.74) is -1.68. The molecule has 1 aromatic rings. The Bertz CT molecular complexity index is 452. The maximum atomic E-state index is 12.5. The second-order valence-electron chi connectivity index (χ2n) is 3.14. The number of aldehydes is 1. The number of hydrogen-bond donors (Lipinski definition) is 0. The minimum absolute atomic E-state index is 0.0955. The Balaban J connectivity index is 3.53. The minimum Gasteiger partial charge on any atom is -0.298 e. The van der Waals surface area contributed by atoms with Crippen LogP contribution in [0.15, 0.2) is 12.1 Å². The first-order valence-corrected chi connectivity index (χ1v) is 4.52. The number of alkyl halides is 3. The van der Waals surface area contributed by atoms with E-state index in [2.05, 4.69) is 0 Å². The van der Waals surface area contributed by atoms with Gasteiger partial charge in [0.2, 0.25) is 0 Å². The Hall–Kier alpha value is -1.36. The van der Waals surface area contributed by atoms with Gasteiger partial charge in [-0.2, -0.15) is 13.2 Å². The van der Waals surface area contributed by atoms with Crippen molar-refractivity contribution < 1.29 is 22.8 Å². The van der Waals surface area contributed by atoms with Crippen LogP contribution in [0.1, 0.15) is 31.8 Å². The number of hydrogen-bond acceptors (Lipinski definition) is 2. The summed E-state index contributed by atoms with van der Waals surface area (Å²) >= 11 is 5.13. The molecule has 0 saturated heterocycles. The van der Waals surface area contributed by atoms with Crippen molar-refractivity contribution in [2.75, 3.05) is 0 Å². The molecule has 0 unspecified atom stereocenters. The predicted molar refractivity (Wildman–Crippen MR) is 51.8 cm³/mol. The zero-order valence-electron chi connectivity index (χ0n) is 8.06. The molecule has 6 heteroatoms. The molecule has 0 aliphatic heterocycles. The van der Waals surface area contributed by atoms with Gasteiger partial charge in [-0.15, -0.1) is 0 Å². The van der Waals surface area contributed by atoms with Crippen LogP contribution in [0.25, 0.3) is 0 Å². The molecule has 0 bridgehead atoms. The van der Waals surface area contributed by atoms with Crippen LogP contribution in [0.4, 0.5) is 13.2 Å². The van der Waals surface area contributed by atoms with E-state index in [4.69, 9.17) is 11.6 Å². The van der Waals surface area contributed by atoms with Gasteiger partial charge in [0.25, 0.3) is 5.24 Å². The van der Waals surface area contributed by atoms with E-state index in [-0.39, 0.29) is 17.4 Å². The number of carbonyl (C=O) groups excluding carboxylic acids is 2. The van der Waals surface area contributed by atoms with Crippen LogP contribution in [-0.2, 0) is 6.18 Å². The summed E-state index contributed by atoms with van der Waals surface area (Å²) in [6, 6.07) is 1.58. The van der Waals surface area contributed by atoms with Gasteiger partial charge in [-0.3, -0.25) is 9.59 Å². The van der Waals surface area contributed by atoms with Gasteiger partial charge >= 0.3 is 6.18 Å². The summed E-state index contributed by atoms with van der Waals surface area (Å²) in [7, 11) is 0. The fraction of sp³-hybridized carbons (Fsp3) is 0.200. The van der Waals surface area contributed by atoms with Gasteiger partial charge in [0.05, 0.1) is 5.56 Å². The van der Waals surface area contributed by atoms with Crippen molar-refractivity contribution >= 4 is 23.1 Å². The first-order chi connectivity index (χ1) is 7.27. The van der Waals surface area contributed by atoms with E-state index in [1.54, 1.807) is 0 Å². The lowest BCUT2D eigenvalue weighted by molar-refractivity contribution is -0.137. The van der Waals surface area contributed by atoms with E-state index in [0.717, 1.165) is 6.07 Å². The molecule has 0 aromatic heterocycles. The molecule has 0 atom stereocenters. The molecule has 0 aliphatic carbocycles. The van der Waals surface area contributed by atoms with E-state index >= 15 is 0 Å². The summed E-state index contributed by atoms with van der Waals surface area (Å²) in [6.07, 6.45) is -4.59. The molecular weight excluding hydrogens is 245 g/mol. The highest BCUT2D eigenvalue weighted by molar-refractivity contribution is 6.67. The van der Waals surface area contributed by atoms with Gasteiger partial charge in [-0.05, 0) is 36.2 Å². The zero-order chi connectivity index (χ0) is 12.5. The minimum atomic E-state index is -4.69. The molecule has 0 heterocycles. The quantitative estimate of drug-likeness (QED) is 0.597. The topological polar surface area (TPSA) is 34.1 Å². The number of rotatable bonds is 2. The summed E-state index contributed by atoms with van der Waals surface area (Å²) in [4.78, 5) is 21.3. The van der Waals surface area contributed by atoms with Gasteiger partial charge in [0.15, 0.2) is 6.29 Å². The van der Waals surface area contributed by atoms with Crippen LogP contribution >= 0.6 is 11.6 Å². The Morgan fingerprint density at radius 2 is 1.94 bits per heavy atom. The Kier molecular flexibility index (Phi) is 3.38. The monoisotopic (exact) mass is 250 g/mol.